The topological polar surface area (TPSA) is 102 Å². The van der Waals surface area contributed by atoms with E-state index in [4.69, 9.17) is 14.2 Å². The first-order valence-electron chi connectivity index (χ1n) is 6.53. The van der Waals surface area contributed by atoms with E-state index in [1.807, 2.05) is 0 Å². The Balaban J connectivity index is 2.00. The van der Waals surface area contributed by atoms with Crippen LogP contribution in [0.5, 0.6) is 5.75 Å². The summed E-state index contributed by atoms with van der Waals surface area (Å²) < 4.78 is 15.3. The first-order valence-corrected chi connectivity index (χ1v) is 6.53. The molecule has 0 bridgehead atoms. The van der Waals surface area contributed by atoms with Gasteiger partial charge in [-0.3, -0.25) is 9.59 Å². The molecule has 1 fully saturated rings. The van der Waals surface area contributed by atoms with Gasteiger partial charge >= 0.3 is 5.97 Å². The average molecular weight is 302 g/mol. The lowest BCUT2D eigenvalue weighted by Crippen LogP contribution is -2.27. The number of carbonyl (C=O) groups excluding carboxylic acids is 3. The van der Waals surface area contributed by atoms with Crippen LogP contribution in [-0.4, -0.2) is 35.5 Å². The van der Waals surface area contributed by atoms with E-state index in [1.54, 1.807) is 6.92 Å². The number of allylic oxidation sites excluding steroid dienone is 2. The number of fused-ring (bicyclic) bond motifs is 4. The quantitative estimate of drug-likeness (QED) is 0.615. The maximum absolute atomic E-state index is 12.3. The zero-order valence-electron chi connectivity index (χ0n) is 11.6. The lowest BCUT2D eigenvalue weighted by atomic mass is 9.86. The highest BCUT2D eigenvalue weighted by molar-refractivity contribution is 6.25. The number of esters is 1. The highest BCUT2D eigenvalue weighted by atomic mass is 16.8. The van der Waals surface area contributed by atoms with Gasteiger partial charge in [-0.25, -0.2) is 4.79 Å². The van der Waals surface area contributed by atoms with E-state index in [0.717, 1.165) is 6.08 Å². The van der Waals surface area contributed by atoms with Crippen LogP contribution in [0.2, 0.25) is 0 Å². The van der Waals surface area contributed by atoms with Gasteiger partial charge in [-0.05, 0) is 6.07 Å². The minimum Gasteiger partial charge on any atom is -0.506 e. The molecule has 2 aliphatic heterocycles. The summed E-state index contributed by atoms with van der Waals surface area (Å²) in [7, 11) is 1.28. The summed E-state index contributed by atoms with van der Waals surface area (Å²) in [6.45, 7) is 1.59. The summed E-state index contributed by atoms with van der Waals surface area (Å²) in [4.78, 5) is 36.5. The molecule has 4 rings (SSSR count). The Hall–Kier alpha value is -2.67. The Bertz CT molecular complexity index is 820. The number of Topliss-reactive ketones (excluding diaryl/α,β-unsaturated/α-hetero) is 1. The van der Waals surface area contributed by atoms with Crippen molar-refractivity contribution in [1.82, 2.24) is 0 Å². The SMILES string of the molecule is COC1=CC(=O)c2c(cc3c(c2O)C(=O)OC2(C)OC32)C1=O. The van der Waals surface area contributed by atoms with Crippen LogP contribution in [0.3, 0.4) is 0 Å². The van der Waals surface area contributed by atoms with Crippen LogP contribution >= 0.6 is 0 Å². The monoisotopic (exact) mass is 302 g/mol. The van der Waals surface area contributed by atoms with Gasteiger partial charge < -0.3 is 19.3 Å². The zero-order chi connectivity index (χ0) is 15.8. The van der Waals surface area contributed by atoms with E-state index < -0.39 is 35.2 Å². The van der Waals surface area contributed by atoms with E-state index in [2.05, 4.69) is 0 Å². The molecule has 1 aromatic rings. The first-order chi connectivity index (χ1) is 10.4. The van der Waals surface area contributed by atoms with E-state index in [-0.39, 0.29) is 22.4 Å². The van der Waals surface area contributed by atoms with Gasteiger partial charge in [0.2, 0.25) is 11.6 Å². The predicted octanol–water partition coefficient (Wildman–Crippen LogP) is 1.26. The smallest absolute Gasteiger partial charge is 0.344 e. The number of hydrogen-bond donors (Lipinski definition) is 1. The predicted molar refractivity (Wildman–Crippen MR) is 69.5 cm³/mol. The molecule has 0 radical (unpaired) electrons. The van der Waals surface area contributed by atoms with Crippen LogP contribution in [0, 0.1) is 0 Å². The molecular weight excluding hydrogens is 292 g/mol. The van der Waals surface area contributed by atoms with Crippen LogP contribution in [-0.2, 0) is 14.2 Å². The average Bonchev–Trinajstić information content (AvgIpc) is 3.13. The fraction of sp³-hybridized carbons (Fsp3) is 0.267. The zero-order valence-corrected chi connectivity index (χ0v) is 11.6. The maximum Gasteiger partial charge on any atom is 0.344 e. The van der Waals surface area contributed by atoms with Gasteiger partial charge in [0.15, 0.2) is 17.6 Å². The number of epoxide rings is 1. The van der Waals surface area contributed by atoms with Crippen LogP contribution in [0.1, 0.15) is 49.7 Å². The highest BCUT2D eigenvalue weighted by Crippen LogP contribution is 2.56. The summed E-state index contributed by atoms with van der Waals surface area (Å²) in [5, 5.41) is 10.3. The summed E-state index contributed by atoms with van der Waals surface area (Å²) in [5.74, 6) is -3.67. The number of phenolic OH excluding ortho intramolecular Hbond substituents is 1. The van der Waals surface area contributed by atoms with Crippen molar-refractivity contribution in [2.75, 3.05) is 7.11 Å². The number of phenols is 1. The van der Waals surface area contributed by atoms with Crippen molar-refractivity contribution in [1.29, 1.82) is 0 Å². The summed E-state index contributed by atoms with van der Waals surface area (Å²) in [6, 6.07) is 1.40. The van der Waals surface area contributed by atoms with Gasteiger partial charge in [0.05, 0.1) is 12.7 Å². The third kappa shape index (κ3) is 1.41. The number of carbonyl (C=O) groups is 3. The van der Waals surface area contributed by atoms with E-state index in [1.165, 1.54) is 13.2 Å². The van der Waals surface area contributed by atoms with Gasteiger partial charge in [0, 0.05) is 24.1 Å². The number of rotatable bonds is 1. The van der Waals surface area contributed by atoms with E-state index in [9.17, 15) is 19.5 Å². The third-order valence-electron chi connectivity index (χ3n) is 4.08. The normalized spacial score (nSPS) is 28.2. The number of benzene rings is 1. The van der Waals surface area contributed by atoms with Crippen LogP contribution < -0.4 is 0 Å². The number of hydrogen-bond acceptors (Lipinski definition) is 7. The maximum atomic E-state index is 12.3. The molecule has 3 aliphatic rings. The standard InChI is InChI=1S/C15H10O7/c1-15-13(21-15)6-3-5-9(12(18)10(6)14(19)22-15)7(16)4-8(20-2)11(5)17/h3-4,13,18H,1-2H3. The second kappa shape index (κ2) is 3.75. The number of methoxy groups -OCH3 is 1. The fourth-order valence-electron chi connectivity index (χ4n) is 2.94. The number of ether oxygens (including phenoxy) is 3. The first kappa shape index (κ1) is 13.0. The van der Waals surface area contributed by atoms with Crippen LogP contribution in [0.4, 0.5) is 0 Å². The second-order valence-corrected chi connectivity index (χ2v) is 5.42. The number of ketones is 2. The molecule has 0 spiro atoms. The minimum absolute atomic E-state index is 0.00634. The van der Waals surface area contributed by atoms with Gasteiger partial charge in [0.1, 0.15) is 11.3 Å². The van der Waals surface area contributed by atoms with E-state index in [0.29, 0.717) is 5.56 Å². The van der Waals surface area contributed by atoms with Crippen molar-refractivity contribution >= 4 is 17.5 Å². The molecule has 22 heavy (non-hydrogen) atoms. The lowest BCUT2D eigenvalue weighted by Gasteiger charge is -2.22. The van der Waals surface area contributed by atoms with Gasteiger partial charge in [0.25, 0.3) is 0 Å². The molecule has 1 aliphatic carbocycles. The minimum atomic E-state index is -1.08. The molecule has 112 valence electrons. The Kier molecular flexibility index (Phi) is 2.22. The summed E-state index contributed by atoms with van der Waals surface area (Å²) in [5.41, 5.74) is -0.0125. The molecule has 2 atom stereocenters. The summed E-state index contributed by atoms with van der Waals surface area (Å²) >= 11 is 0. The molecule has 7 nitrogen and oxygen atoms in total. The Morgan fingerprint density at radius 2 is 2.00 bits per heavy atom. The van der Waals surface area contributed by atoms with Crippen molar-refractivity contribution in [3.8, 4) is 5.75 Å². The Labute approximate surface area is 124 Å². The van der Waals surface area contributed by atoms with E-state index >= 15 is 0 Å². The second-order valence-electron chi connectivity index (χ2n) is 5.42. The number of aromatic hydroxyl groups is 1. The Morgan fingerprint density at radius 1 is 1.27 bits per heavy atom. The molecule has 0 aromatic heterocycles. The molecule has 7 heteroatoms. The molecule has 2 heterocycles. The van der Waals surface area contributed by atoms with Crippen molar-refractivity contribution in [2.24, 2.45) is 0 Å². The van der Waals surface area contributed by atoms with Crippen molar-refractivity contribution < 1.29 is 33.7 Å². The molecule has 0 amide bonds. The van der Waals surface area contributed by atoms with Crippen LogP contribution in [0.15, 0.2) is 17.9 Å². The molecule has 2 unspecified atom stereocenters. The van der Waals surface area contributed by atoms with Crippen molar-refractivity contribution in [3.63, 3.8) is 0 Å². The fourth-order valence-corrected chi connectivity index (χ4v) is 2.94. The molecule has 0 saturated carbocycles. The molecular formula is C15H10O7. The highest BCUT2D eigenvalue weighted by Gasteiger charge is 2.62. The molecule has 1 saturated heterocycles. The van der Waals surface area contributed by atoms with Gasteiger partial charge in [-0.2, -0.15) is 0 Å². The third-order valence-corrected chi connectivity index (χ3v) is 4.08. The largest absolute Gasteiger partial charge is 0.506 e. The van der Waals surface area contributed by atoms with Gasteiger partial charge in [-0.15, -0.1) is 0 Å². The Morgan fingerprint density at radius 3 is 2.68 bits per heavy atom. The lowest BCUT2D eigenvalue weighted by molar-refractivity contribution is -0.0102. The molecule has 1 N–H and O–H groups in total. The summed E-state index contributed by atoms with van der Waals surface area (Å²) in [6.07, 6.45) is 0.430. The van der Waals surface area contributed by atoms with Crippen LogP contribution in [0.25, 0.3) is 0 Å². The van der Waals surface area contributed by atoms with Crippen molar-refractivity contribution in [3.05, 3.63) is 40.2 Å². The van der Waals surface area contributed by atoms with Gasteiger partial charge in [-0.1, -0.05) is 0 Å². The molecule has 1 aromatic carbocycles. The van der Waals surface area contributed by atoms with Crippen molar-refractivity contribution in [2.45, 2.75) is 18.8 Å².